The normalized spacial score (nSPS) is 26.5. The summed E-state index contributed by atoms with van der Waals surface area (Å²) in [7, 11) is 1.95. The predicted molar refractivity (Wildman–Crippen MR) is 114 cm³/mol. The first-order valence-electron chi connectivity index (χ1n) is 10.6. The SMILES string of the molecule is C[C@H]1[C@H](C)CCC[C@H]1NC(=O)C1CCN(C(=O)c2cc3sccc3n2C)CC1. The Morgan fingerprint density at radius 3 is 2.61 bits per heavy atom. The summed E-state index contributed by atoms with van der Waals surface area (Å²) < 4.78 is 3.13. The Morgan fingerprint density at radius 1 is 1.14 bits per heavy atom. The number of aromatic nitrogens is 1. The second-order valence-corrected chi connectivity index (χ2v) is 9.66. The van der Waals surface area contributed by atoms with Gasteiger partial charge in [-0.2, -0.15) is 0 Å². The molecule has 4 rings (SSSR count). The van der Waals surface area contributed by atoms with Crippen molar-refractivity contribution in [3.63, 3.8) is 0 Å². The molecule has 6 heteroatoms. The largest absolute Gasteiger partial charge is 0.353 e. The van der Waals surface area contributed by atoms with Crippen molar-refractivity contribution in [2.24, 2.45) is 24.8 Å². The van der Waals surface area contributed by atoms with Gasteiger partial charge in [-0.1, -0.05) is 26.7 Å². The van der Waals surface area contributed by atoms with Crippen LogP contribution in [0.4, 0.5) is 0 Å². The molecule has 0 spiro atoms. The van der Waals surface area contributed by atoms with Gasteiger partial charge in [0, 0.05) is 32.1 Å². The number of amides is 2. The van der Waals surface area contributed by atoms with Crippen molar-refractivity contribution >= 4 is 33.4 Å². The summed E-state index contributed by atoms with van der Waals surface area (Å²) in [6, 6.07) is 4.36. The number of rotatable bonds is 3. The van der Waals surface area contributed by atoms with Gasteiger partial charge in [0.1, 0.15) is 5.69 Å². The maximum Gasteiger partial charge on any atom is 0.270 e. The Hall–Kier alpha value is -1.82. The summed E-state index contributed by atoms with van der Waals surface area (Å²) in [4.78, 5) is 27.7. The third kappa shape index (κ3) is 3.59. The van der Waals surface area contributed by atoms with Crippen LogP contribution in [0.25, 0.3) is 10.2 Å². The number of carbonyl (C=O) groups is 2. The van der Waals surface area contributed by atoms with E-state index in [4.69, 9.17) is 0 Å². The van der Waals surface area contributed by atoms with Crippen molar-refractivity contribution in [1.29, 1.82) is 0 Å². The van der Waals surface area contributed by atoms with E-state index in [2.05, 4.69) is 30.6 Å². The lowest BCUT2D eigenvalue weighted by atomic mass is 9.78. The fraction of sp³-hybridized carbons (Fsp3) is 0.636. The number of nitrogens with zero attached hydrogens (tertiary/aromatic N) is 2. The fourth-order valence-corrected chi connectivity index (χ4v) is 5.70. The highest BCUT2D eigenvalue weighted by Crippen LogP contribution is 2.30. The van der Waals surface area contributed by atoms with Gasteiger partial charge in [0.25, 0.3) is 5.91 Å². The number of nitrogens with one attached hydrogen (secondary N) is 1. The van der Waals surface area contributed by atoms with E-state index in [1.807, 2.05) is 22.6 Å². The smallest absolute Gasteiger partial charge is 0.270 e. The van der Waals surface area contributed by atoms with Gasteiger partial charge in [0.05, 0.1) is 10.2 Å². The molecule has 28 heavy (non-hydrogen) atoms. The highest BCUT2D eigenvalue weighted by molar-refractivity contribution is 7.17. The average molecular weight is 402 g/mol. The minimum absolute atomic E-state index is 0.0328. The van der Waals surface area contributed by atoms with Crippen molar-refractivity contribution in [2.45, 2.75) is 52.0 Å². The second-order valence-electron chi connectivity index (χ2n) is 8.71. The number of thiophene rings is 1. The van der Waals surface area contributed by atoms with Crippen LogP contribution >= 0.6 is 11.3 Å². The molecule has 2 aromatic rings. The summed E-state index contributed by atoms with van der Waals surface area (Å²) in [6.45, 7) is 5.88. The Labute approximate surface area is 171 Å². The Morgan fingerprint density at radius 2 is 1.89 bits per heavy atom. The molecule has 0 unspecified atom stereocenters. The summed E-state index contributed by atoms with van der Waals surface area (Å²) in [5.74, 6) is 1.53. The van der Waals surface area contributed by atoms with Crippen LogP contribution in [0.2, 0.25) is 0 Å². The fourth-order valence-electron chi connectivity index (χ4n) is 4.85. The molecular weight excluding hydrogens is 370 g/mol. The molecule has 0 radical (unpaired) electrons. The molecule has 2 fully saturated rings. The van der Waals surface area contributed by atoms with Crippen molar-refractivity contribution in [3.05, 3.63) is 23.2 Å². The van der Waals surface area contributed by atoms with Crippen LogP contribution in [-0.2, 0) is 11.8 Å². The lowest BCUT2D eigenvalue weighted by molar-refractivity contribution is -0.127. The summed E-state index contributed by atoms with van der Waals surface area (Å²) in [6.07, 6.45) is 5.08. The van der Waals surface area contributed by atoms with Crippen LogP contribution < -0.4 is 5.32 Å². The number of fused-ring (bicyclic) bond motifs is 1. The van der Waals surface area contributed by atoms with Crippen LogP contribution in [0.15, 0.2) is 17.5 Å². The maximum absolute atomic E-state index is 13.0. The monoisotopic (exact) mass is 401 g/mol. The van der Waals surface area contributed by atoms with E-state index in [1.54, 1.807) is 11.3 Å². The number of aryl methyl sites for hydroxylation is 1. The number of carbonyl (C=O) groups excluding carboxylic acids is 2. The van der Waals surface area contributed by atoms with Crippen molar-refractivity contribution < 1.29 is 9.59 Å². The molecule has 2 aromatic heterocycles. The molecule has 0 bridgehead atoms. The van der Waals surface area contributed by atoms with Crippen LogP contribution in [-0.4, -0.2) is 40.4 Å². The van der Waals surface area contributed by atoms with E-state index in [-0.39, 0.29) is 17.7 Å². The number of hydrogen-bond donors (Lipinski definition) is 1. The molecule has 3 heterocycles. The zero-order valence-corrected chi connectivity index (χ0v) is 17.9. The van der Waals surface area contributed by atoms with Crippen molar-refractivity contribution in [1.82, 2.24) is 14.8 Å². The minimum Gasteiger partial charge on any atom is -0.353 e. The summed E-state index contributed by atoms with van der Waals surface area (Å²) in [5, 5.41) is 5.38. The van der Waals surface area contributed by atoms with E-state index in [0.717, 1.165) is 35.2 Å². The van der Waals surface area contributed by atoms with Gasteiger partial charge >= 0.3 is 0 Å². The third-order valence-electron chi connectivity index (χ3n) is 7.07. The van der Waals surface area contributed by atoms with Gasteiger partial charge < -0.3 is 14.8 Å². The van der Waals surface area contributed by atoms with Gasteiger partial charge in [-0.25, -0.2) is 0 Å². The Kier molecular flexibility index (Phi) is 5.50. The molecule has 5 nitrogen and oxygen atoms in total. The van der Waals surface area contributed by atoms with Crippen LogP contribution in [0.1, 0.15) is 56.4 Å². The molecule has 152 valence electrons. The molecule has 2 aliphatic rings. The molecular formula is C22H31N3O2S. The van der Waals surface area contributed by atoms with E-state index in [1.165, 1.54) is 12.8 Å². The van der Waals surface area contributed by atoms with Crippen molar-refractivity contribution in [3.8, 4) is 0 Å². The molecule has 1 saturated carbocycles. The Bertz CT molecular complexity index is 862. The molecule has 2 amide bonds. The quantitative estimate of drug-likeness (QED) is 0.844. The number of likely N-dealkylation sites (tertiary alicyclic amines) is 1. The van der Waals surface area contributed by atoms with Crippen LogP contribution in [0.3, 0.4) is 0 Å². The Balaban J connectivity index is 1.34. The predicted octanol–water partition coefficient (Wildman–Crippen LogP) is 4.03. The third-order valence-corrected chi connectivity index (χ3v) is 7.92. The standard InChI is InChI=1S/C22H31N3O2S/c1-14-5-4-6-17(15(14)2)23-21(26)16-7-10-25(11-8-16)22(27)19-13-20-18(24(19)3)9-12-28-20/h9,12-17H,4-8,10-11H2,1-3H3,(H,23,26)/t14-,15+,17-/m1/s1. The highest BCUT2D eigenvalue weighted by atomic mass is 32.1. The van der Waals surface area contributed by atoms with Gasteiger partial charge in [0.15, 0.2) is 0 Å². The van der Waals surface area contributed by atoms with E-state index < -0.39 is 0 Å². The van der Waals surface area contributed by atoms with E-state index in [0.29, 0.717) is 31.0 Å². The van der Waals surface area contributed by atoms with Crippen molar-refractivity contribution in [2.75, 3.05) is 13.1 Å². The number of hydrogen-bond acceptors (Lipinski definition) is 3. The molecule has 1 aliphatic heterocycles. The van der Waals surface area contributed by atoms with Gasteiger partial charge in [-0.15, -0.1) is 11.3 Å². The first-order chi connectivity index (χ1) is 13.5. The lowest BCUT2D eigenvalue weighted by Gasteiger charge is -2.37. The first kappa shape index (κ1) is 19.5. The van der Waals surface area contributed by atoms with Gasteiger partial charge in [-0.05, 0) is 48.6 Å². The molecule has 1 saturated heterocycles. The summed E-state index contributed by atoms with van der Waals surface area (Å²) >= 11 is 1.66. The van der Waals surface area contributed by atoms with Crippen LogP contribution in [0.5, 0.6) is 0 Å². The topological polar surface area (TPSA) is 54.3 Å². The zero-order valence-electron chi connectivity index (χ0n) is 17.1. The average Bonchev–Trinajstić information content (AvgIpc) is 3.28. The number of piperidine rings is 1. The lowest BCUT2D eigenvalue weighted by Crippen LogP contribution is -2.48. The molecule has 3 atom stereocenters. The maximum atomic E-state index is 13.0. The zero-order chi connectivity index (χ0) is 19.8. The first-order valence-corrected chi connectivity index (χ1v) is 11.5. The summed E-state index contributed by atoms with van der Waals surface area (Å²) in [5.41, 5.74) is 1.85. The molecule has 1 aliphatic carbocycles. The minimum atomic E-state index is 0.0328. The van der Waals surface area contributed by atoms with E-state index >= 15 is 0 Å². The second kappa shape index (κ2) is 7.90. The highest BCUT2D eigenvalue weighted by Gasteiger charge is 2.33. The molecule has 0 aromatic carbocycles. The molecule has 1 N–H and O–H groups in total. The van der Waals surface area contributed by atoms with Gasteiger partial charge in [-0.3, -0.25) is 9.59 Å². The van der Waals surface area contributed by atoms with E-state index in [9.17, 15) is 9.59 Å². The van der Waals surface area contributed by atoms with Crippen LogP contribution in [0, 0.1) is 17.8 Å². The van der Waals surface area contributed by atoms with Gasteiger partial charge in [0.2, 0.25) is 5.91 Å².